The summed E-state index contributed by atoms with van der Waals surface area (Å²) in [5.74, 6) is -1.05. The van der Waals surface area contributed by atoms with E-state index in [1.807, 2.05) is 0 Å². The van der Waals surface area contributed by atoms with E-state index < -0.39 is 24.0 Å². The molecular weight excluding hydrogens is 146 g/mol. The van der Waals surface area contributed by atoms with Gasteiger partial charge in [-0.1, -0.05) is 6.92 Å². The molecule has 0 heterocycles. The number of carbonyl (C=O) groups is 1. The van der Waals surface area contributed by atoms with E-state index in [0.29, 0.717) is 6.42 Å². The fourth-order valence-electron chi connectivity index (χ4n) is 0.794. The Balaban J connectivity index is 4.45. The van der Waals surface area contributed by atoms with Crippen LogP contribution in [0.2, 0.25) is 0 Å². The Bertz CT molecular complexity index is 149. The van der Waals surface area contributed by atoms with Crippen LogP contribution < -0.4 is 5.73 Å². The van der Waals surface area contributed by atoms with Gasteiger partial charge in [-0.25, -0.2) is 0 Å². The summed E-state index contributed by atoms with van der Waals surface area (Å²) in [6, 6.07) is -0.495. The Hall–Kier alpha value is -0.610. The second-order valence-electron chi connectivity index (χ2n) is 2.90. The molecule has 2 unspecified atom stereocenters. The molecule has 0 radical (unpaired) electrons. The average Bonchev–Trinajstić information content (AvgIpc) is 2.01. The highest BCUT2D eigenvalue weighted by Crippen LogP contribution is 2.21. The molecule has 4 N–H and O–H groups in total. The summed E-state index contributed by atoms with van der Waals surface area (Å²) in [5, 5.41) is 17.5. The second-order valence-corrected chi connectivity index (χ2v) is 2.90. The normalized spacial score (nSPS) is 18.9. The number of carboxylic acids is 1. The minimum Gasteiger partial charge on any atom is -0.481 e. The third-order valence-corrected chi connectivity index (χ3v) is 2.08. The molecule has 0 saturated carbocycles. The maximum absolute atomic E-state index is 10.6. The van der Waals surface area contributed by atoms with Gasteiger partial charge in [-0.05, 0) is 13.3 Å². The van der Waals surface area contributed by atoms with Gasteiger partial charge in [0.15, 0.2) is 0 Å². The fraction of sp³-hybridized carbons (Fsp3) is 0.857. The third kappa shape index (κ3) is 1.91. The summed E-state index contributed by atoms with van der Waals surface area (Å²) in [5.41, 5.74) is 4.32. The van der Waals surface area contributed by atoms with Crippen LogP contribution in [0.3, 0.4) is 0 Å². The second kappa shape index (κ2) is 3.69. The molecule has 0 rings (SSSR count). The Labute approximate surface area is 66.0 Å². The molecule has 0 aromatic rings. The Morgan fingerprint density at radius 2 is 2.18 bits per heavy atom. The van der Waals surface area contributed by atoms with Crippen LogP contribution in [0.15, 0.2) is 0 Å². The molecule has 0 aliphatic rings. The van der Waals surface area contributed by atoms with E-state index >= 15 is 0 Å². The van der Waals surface area contributed by atoms with Crippen molar-refractivity contribution in [2.45, 2.75) is 26.3 Å². The van der Waals surface area contributed by atoms with E-state index in [1.54, 1.807) is 6.92 Å². The molecule has 0 spiro atoms. The highest BCUT2D eigenvalue weighted by atomic mass is 16.4. The Morgan fingerprint density at radius 3 is 2.27 bits per heavy atom. The van der Waals surface area contributed by atoms with Crippen molar-refractivity contribution < 1.29 is 15.0 Å². The molecule has 11 heavy (non-hydrogen) atoms. The van der Waals surface area contributed by atoms with Crippen LogP contribution in [0.4, 0.5) is 0 Å². The van der Waals surface area contributed by atoms with Gasteiger partial charge >= 0.3 is 5.97 Å². The summed E-state index contributed by atoms with van der Waals surface area (Å²) in [7, 11) is 0. The van der Waals surface area contributed by atoms with Gasteiger partial charge in [0.25, 0.3) is 0 Å². The maximum atomic E-state index is 10.6. The Kier molecular flexibility index (Phi) is 3.48. The molecule has 0 amide bonds. The molecule has 0 aliphatic carbocycles. The minimum atomic E-state index is -1.20. The van der Waals surface area contributed by atoms with Crippen molar-refractivity contribution in [3.05, 3.63) is 0 Å². The average molecular weight is 161 g/mol. The predicted molar refractivity (Wildman–Crippen MR) is 41.1 cm³/mol. The lowest BCUT2D eigenvalue weighted by Crippen LogP contribution is -2.47. The molecule has 0 bridgehead atoms. The van der Waals surface area contributed by atoms with Crippen LogP contribution in [0.5, 0.6) is 0 Å². The Morgan fingerprint density at radius 1 is 1.73 bits per heavy atom. The number of carboxylic acid groups (broad SMARTS) is 1. The zero-order valence-electron chi connectivity index (χ0n) is 6.87. The highest BCUT2D eigenvalue weighted by Gasteiger charge is 2.37. The lowest BCUT2D eigenvalue weighted by Gasteiger charge is -2.27. The topological polar surface area (TPSA) is 83.5 Å². The highest BCUT2D eigenvalue weighted by molar-refractivity contribution is 5.75. The number of aliphatic hydroxyl groups is 1. The van der Waals surface area contributed by atoms with E-state index in [2.05, 4.69) is 0 Å². The number of rotatable bonds is 4. The monoisotopic (exact) mass is 161 g/mol. The number of hydrogen-bond acceptors (Lipinski definition) is 3. The number of nitrogens with two attached hydrogens (primary N) is 1. The molecule has 0 fully saturated rings. The molecule has 66 valence electrons. The van der Waals surface area contributed by atoms with Crippen molar-refractivity contribution in [1.82, 2.24) is 0 Å². The van der Waals surface area contributed by atoms with Crippen molar-refractivity contribution in [1.29, 1.82) is 0 Å². The fourth-order valence-corrected chi connectivity index (χ4v) is 0.794. The van der Waals surface area contributed by atoms with Gasteiger partial charge in [-0.3, -0.25) is 4.79 Å². The molecule has 4 heteroatoms. The molecule has 4 nitrogen and oxygen atoms in total. The lowest BCUT2D eigenvalue weighted by atomic mass is 9.82. The van der Waals surface area contributed by atoms with E-state index in [4.69, 9.17) is 15.9 Å². The number of aliphatic carboxylic acids is 1. The van der Waals surface area contributed by atoms with Gasteiger partial charge in [0.1, 0.15) is 5.41 Å². The van der Waals surface area contributed by atoms with E-state index in [0.717, 1.165) is 0 Å². The van der Waals surface area contributed by atoms with Crippen molar-refractivity contribution >= 4 is 5.97 Å². The molecule has 0 aliphatic heterocycles. The van der Waals surface area contributed by atoms with Gasteiger partial charge in [0.05, 0.1) is 6.61 Å². The van der Waals surface area contributed by atoms with Crippen LogP contribution >= 0.6 is 0 Å². The van der Waals surface area contributed by atoms with E-state index in [-0.39, 0.29) is 0 Å². The zero-order chi connectivity index (χ0) is 9.07. The maximum Gasteiger partial charge on any atom is 0.313 e. The molecule has 0 aromatic heterocycles. The lowest BCUT2D eigenvalue weighted by molar-refractivity contribution is -0.151. The summed E-state index contributed by atoms with van der Waals surface area (Å²) < 4.78 is 0. The number of aliphatic hydroxyl groups excluding tert-OH is 1. The SMILES string of the molecule is CCC(N)C(C)(CO)C(=O)O. The first-order chi connectivity index (χ1) is 4.99. The molecule has 2 atom stereocenters. The molecule has 0 aromatic carbocycles. The minimum absolute atomic E-state index is 0.419. The predicted octanol–water partition coefficient (Wildman–Crippen LogP) is -0.193. The van der Waals surface area contributed by atoms with Crippen molar-refractivity contribution in [2.24, 2.45) is 11.1 Å². The molecular formula is C7H15NO3. The zero-order valence-corrected chi connectivity index (χ0v) is 6.87. The van der Waals surface area contributed by atoms with Crippen LogP contribution in [0, 0.1) is 5.41 Å². The molecule has 0 saturated heterocycles. The van der Waals surface area contributed by atoms with Gasteiger partial charge in [0.2, 0.25) is 0 Å². The van der Waals surface area contributed by atoms with Gasteiger partial charge in [0, 0.05) is 6.04 Å². The van der Waals surface area contributed by atoms with Gasteiger partial charge in [-0.15, -0.1) is 0 Å². The van der Waals surface area contributed by atoms with Crippen molar-refractivity contribution in [2.75, 3.05) is 6.61 Å². The van der Waals surface area contributed by atoms with Crippen LogP contribution in [-0.4, -0.2) is 28.8 Å². The quantitative estimate of drug-likeness (QED) is 0.533. The smallest absolute Gasteiger partial charge is 0.313 e. The number of hydrogen-bond donors (Lipinski definition) is 3. The van der Waals surface area contributed by atoms with Gasteiger partial charge < -0.3 is 15.9 Å². The summed E-state index contributed by atoms with van der Waals surface area (Å²) in [6.45, 7) is 2.82. The van der Waals surface area contributed by atoms with E-state index in [9.17, 15) is 4.79 Å². The van der Waals surface area contributed by atoms with Crippen LogP contribution in [0.1, 0.15) is 20.3 Å². The van der Waals surface area contributed by atoms with Gasteiger partial charge in [-0.2, -0.15) is 0 Å². The summed E-state index contributed by atoms with van der Waals surface area (Å²) in [6.07, 6.45) is 0.545. The largest absolute Gasteiger partial charge is 0.481 e. The van der Waals surface area contributed by atoms with Crippen molar-refractivity contribution in [3.63, 3.8) is 0 Å². The summed E-state index contributed by atoms with van der Waals surface area (Å²) in [4.78, 5) is 10.6. The first-order valence-electron chi connectivity index (χ1n) is 3.58. The van der Waals surface area contributed by atoms with Crippen LogP contribution in [-0.2, 0) is 4.79 Å². The van der Waals surface area contributed by atoms with E-state index in [1.165, 1.54) is 6.92 Å². The first-order valence-corrected chi connectivity index (χ1v) is 3.58. The third-order valence-electron chi connectivity index (χ3n) is 2.08. The standard InChI is InChI=1S/C7H15NO3/c1-3-5(8)7(2,4-9)6(10)11/h5,9H,3-4,8H2,1-2H3,(H,10,11). The first kappa shape index (κ1) is 10.4. The van der Waals surface area contributed by atoms with Crippen molar-refractivity contribution in [3.8, 4) is 0 Å². The summed E-state index contributed by atoms with van der Waals surface area (Å²) >= 11 is 0. The van der Waals surface area contributed by atoms with Crippen LogP contribution in [0.25, 0.3) is 0 Å².